The highest BCUT2D eigenvalue weighted by molar-refractivity contribution is 7.80. The van der Waals surface area contributed by atoms with E-state index in [-0.39, 0.29) is 5.92 Å². The molecule has 1 rings (SSSR count). The van der Waals surface area contributed by atoms with E-state index in [1.54, 1.807) is 0 Å². The quantitative estimate of drug-likeness (QED) is 0.468. The summed E-state index contributed by atoms with van der Waals surface area (Å²) < 4.78 is 9.52. The van der Waals surface area contributed by atoms with Crippen LogP contribution in [0.25, 0.3) is 0 Å². The molecule has 23 heavy (non-hydrogen) atoms. The van der Waals surface area contributed by atoms with Crippen LogP contribution in [0.3, 0.4) is 0 Å². The van der Waals surface area contributed by atoms with Crippen LogP contribution in [0, 0.1) is 11.8 Å². The molecule has 1 N–H and O–H groups in total. The lowest BCUT2D eigenvalue weighted by Crippen LogP contribution is -2.48. The summed E-state index contributed by atoms with van der Waals surface area (Å²) in [7, 11) is 2.50. The standard InChI is InChI=1S/C17H23NO4S/c1-11(2)10-13(14(16(19)21-3)17(20)22-4)18-15(23)12-8-6-5-7-9-12/h5-9,11,13-14H,10H2,1-4H3,(H,18,23). The van der Waals surface area contributed by atoms with Gasteiger partial charge in [0.25, 0.3) is 0 Å². The Bertz CT molecular complexity index is 529. The van der Waals surface area contributed by atoms with Gasteiger partial charge in [0.1, 0.15) is 4.99 Å². The number of esters is 2. The van der Waals surface area contributed by atoms with Crippen LogP contribution in [-0.4, -0.2) is 37.2 Å². The molecule has 5 nitrogen and oxygen atoms in total. The van der Waals surface area contributed by atoms with Crippen molar-refractivity contribution in [3.8, 4) is 0 Å². The van der Waals surface area contributed by atoms with E-state index in [2.05, 4.69) is 5.32 Å². The fourth-order valence-corrected chi connectivity index (χ4v) is 2.59. The van der Waals surface area contributed by atoms with E-state index < -0.39 is 23.9 Å². The summed E-state index contributed by atoms with van der Waals surface area (Å²) in [4.78, 5) is 24.6. The molecule has 1 unspecified atom stereocenters. The van der Waals surface area contributed by atoms with Crippen LogP contribution >= 0.6 is 12.2 Å². The molecule has 6 heteroatoms. The Hall–Kier alpha value is -1.95. The molecule has 0 saturated heterocycles. The highest BCUT2D eigenvalue weighted by atomic mass is 32.1. The van der Waals surface area contributed by atoms with Gasteiger partial charge in [-0.05, 0) is 12.3 Å². The van der Waals surface area contributed by atoms with Gasteiger partial charge in [-0.2, -0.15) is 0 Å². The van der Waals surface area contributed by atoms with Crippen molar-refractivity contribution in [3.05, 3.63) is 35.9 Å². The maximum Gasteiger partial charge on any atom is 0.322 e. The molecular weight excluding hydrogens is 314 g/mol. The number of rotatable bonds is 7. The van der Waals surface area contributed by atoms with Gasteiger partial charge in [0.05, 0.1) is 20.3 Å². The zero-order valence-electron chi connectivity index (χ0n) is 13.9. The van der Waals surface area contributed by atoms with E-state index >= 15 is 0 Å². The molecule has 0 aliphatic rings. The van der Waals surface area contributed by atoms with Crippen molar-refractivity contribution in [1.82, 2.24) is 5.32 Å². The molecular formula is C17H23NO4S. The highest BCUT2D eigenvalue weighted by Crippen LogP contribution is 2.18. The van der Waals surface area contributed by atoms with Gasteiger partial charge in [-0.15, -0.1) is 0 Å². The molecule has 1 aromatic carbocycles. The van der Waals surface area contributed by atoms with Crippen LogP contribution in [0.4, 0.5) is 0 Å². The number of hydrogen-bond donors (Lipinski definition) is 1. The Morgan fingerprint density at radius 1 is 1.09 bits per heavy atom. The summed E-state index contributed by atoms with van der Waals surface area (Å²) in [5, 5.41) is 3.12. The smallest absolute Gasteiger partial charge is 0.322 e. The van der Waals surface area contributed by atoms with Crippen LogP contribution in [-0.2, 0) is 19.1 Å². The average molecular weight is 337 g/mol. The normalized spacial score (nSPS) is 11.9. The second-order valence-corrected chi connectivity index (χ2v) is 6.01. The number of carbonyl (C=O) groups is 2. The Labute approximate surface area is 142 Å². The minimum atomic E-state index is -1.06. The predicted octanol–water partition coefficient (Wildman–Crippen LogP) is 2.33. The molecule has 0 bridgehead atoms. The summed E-state index contributed by atoms with van der Waals surface area (Å²) in [5.74, 6) is -2.08. The lowest BCUT2D eigenvalue weighted by molar-refractivity contribution is -0.160. The minimum Gasteiger partial charge on any atom is -0.468 e. The van der Waals surface area contributed by atoms with Crippen molar-refractivity contribution in [2.75, 3.05) is 14.2 Å². The summed E-state index contributed by atoms with van der Waals surface area (Å²) in [6.07, 6.45) is 0.571. The predicted molar refractivity (Wildman–Crippen MR) is 92.0 cm³/mol. The molecule has 0 radical (unpaired) electrons. The fourth-order valence-electron chi connectivity index (χ4n) is 2.31. The topological polar surface area (TPSA) is 64.6 Å². The average Bonchev–Trinajstić information content (AvgIpc) is 2.54. The van der Waals surface area contributed by atoms with Gasteiger partial charge in [0.2, 0.25) is 0 Å². The Morgan fingerprint density at radius 2 is 1.61 bits per heavy atom. The van der Waals surface area contributed by atoms with Crippen LogP contribution in [0.2, 0.25) is 0 Å². The Morgan fingerprint density at radius 3 is 2.04 bits per heavy atom. The first kappa shape index (κ1) is 19.1. The van der Waals surface area contributed by atoms with Crippen molar-refractivity contribution in [1.29, 1.82) is 0 Å². The number of carbonyl (C=O) groups excluding carboxylic acids is 2. The van der Waals surface area contributed by atoms with Gasteiger partial charge >= 0.3 is 11.9 Å². The maximum absolute atomic E-state index is 12.0. The van der Waals surface area contributed by atoms with E-state index in [9.17, 15) is 9.59 Å². The van der Waals surface area contributed by atoms with Crippen LogP contribution < -0.4 is 5.32 Å². The summed E-state index contributed by atoms with van der Waals surface area (Å²) in [6, 6.07) is 8.88. The van der Waals surface area contributed by atoms with Crippen LogP contribution in [0.5, 0.6) is 0 Å². The lowest BCUT2D eigenvalue weighted by atomic mass is 9.91. The first-order valence-corrected chi connectivity index (χ1v) is 7.83. The Kier molecular flexibility index (Phi) is 7.68. The largest absolute Gasteiger partial charge is 0.468 e. The van der Waals surface area contributed by atoms with Crippen molar-refractivity contribution in [2.45, 2.75) is 26.3 Å². The molecule has 0 aliphatic heterocycles. The van der Waals surface area contributed by atoms with E-state index in [4.69, 9.17) is 21.7 Å². The third kappa shape index (κ3) is 5.63. The molecule has 1 aromatic rings. The van der Waals surface area contributed by atoms with Gasteiger partial charge in [0.15, 0.2) is 5.92 Å². The molecule has 1 atom stereocenters. The SMILES string of the molecule is COC(=O)C(C(=O)OC)C(CC(C)C)NC(=S)c1ccccc1. The third-order valence-corrected chi connectivity index (χ3v) is 3.74. The van der Waals surface area contributed by atoms with E-state index in [1.807, 2.05) is 44.2 Å². The number of benzene rings is 1. The molecule has 0 aliphatic carbocycles. The number of methoxy groups -OCH3 is 2. The fraction of sp³-hybridized carbons (Fsp3) is 0.471. The van der Waals surface area contributed by atoms with Gasteiger partial charge in [-0.25, -0.2) is 0 Å². The van der Waals surface area contributed by atoms with Gasteiger partial charge in [-0.1, -0.05) is 56.4 Å². The third-order valence-electron chi connectivity index (χ3n) is 3.39. The van der Waals surface area contributed by atoms with Gasteiger partial charge in [0, 0.05) is 5.56 Å². The van der Waals surface area contributed by atoms with Crippen molar-refractivity contribution < 1.29 is 19.1 Å². The van der Waals surface area contributed by atoms with Gasteiger partial charge in [-0.3, -0.25) is 9.59 Å². The first-order valence-electron chi connectivity index (χ1n) is 7.42. The van der Waals surface area contributed by atoms with Gasteiger partial charge < -0.3 is 14.8 Å². The number of thiocarbonyl (C=S) groups is 1. The summed E-state index contributed by atoms with van der Waals surface area (Å²) in [5.41, 5.74) is 0.824. The van der Waals surface area contributed by atoms with Crippen LogP contribution in [0.15, 0.2) is 30.3 Å². The molecule has 0 spiro atoms. The maximum atomic E-state index is 12.0. The van der Waals surface area contributed by atoms with E-state index in [0.717, 1.165) is 5.56 Å². The molecule has 126 valence electrons. The zero-order valence-corrected chi connectivity index (χ0v) is 14.7. The Balaban J connectivity index is 3.03. The van der Waals surface area contributed by atoms with E-state index in [1.165, 1.54) is 14.2 Å². The highest BCUT2D eigenvalue weighted by Gasteiger charge is 2.37. The second-order valence-electron chi connectivity index (χ2n) is 5.60. The van der Waals surface area contributed by atoms with Crippen molar-refractivity contribution in [3.63, 3.8) is 0 Å². The van der Waals surface area contributed by atoms with Crippen molar-refractivity contribution >= 4 is 29.1 Å². The molecule has 0 saturated carbocycles. The zero-order chi connectivity index (χ0) is 17.4. The molecule has 0 amide bonds. The first-order chi connectivity index (χ1) is 10.9. The lowest BCUT2D eigenvalue weighted by Gasteiger charge is -2.27. The van der Waals surface area contributed by atoms with Crippen molar-refractivity contribution in [2.24, 2.45) is 11.8 Å². The number of ether oxygens (including phenoxy) is 2. The summed E-state index contributed by atoms with van der Waals surface area (Å²) in [6.45, 7) is 4.01. The number of hydrogen-bond acceptors (Lipinski definition) is 5. The van der Waals surface area contributed by atoms with E-state index in [0.29, 0.717) is 11.4 Å². The molecule has 0 heterocycles. The molecule has 0 aromatic heterocycles. The number of nitrogens with one attached hydrogen (secondary N) is 1. The minimum absolute atomic E-state index is 0.253. The van der Waals surface area contributed by atoms with Crippen LogP contribution in [0.1, 0.15) is 25.8 Å². The monoisotopic (exact) mass is 337 g/mol. The molecule has 0 fully saturated rings. The second kappa shape index (κ2) is 9.25. The summed E-state index contributed by atoms with van der Waals surface area (Å²) >= 11 is 5.40.